The van der Waals surface area contributed by atoms with Crippen LogP contribution in [0.4, 0.5) is 0 Å². The Morgan fingerprint density at radius 3 is 2.85 bits per heavy atom. The van der Waals surface area contributed by atoms with Crippen molar-refractivity contribution in [3.8, 4) is 0 Å². The summed E-state index contributed by atoms with van der Waals surface area (Å²) < 4.78 is 10.8. The first-order chi connectivity index (χ1) is 12.3. The van der Waals surface area contributed by atoms with E-state index in [1.807, 2.05) is 12.1 Å². The van der Waals surface area contributed by atoms with Crippen molar-refractivity contribution in [3.05, 3.63) is 24.2 Å². The van der Waals surface area contributed by atoms with Gasteiger partial charge in [-0.2, -0.15) is 0 Å². The maximum Gasteiger partial charge on any atom is 0.191 e. The number of hydrogen-bond donors (Lipinski definition) is 2. The summed E-state index contributed by atoms with van der Waals surface area (Å²) in [6.07, 6.45) is 5.22. The van der Waals surface area contributed by atoms with E-state index in [2.05, 4.69) is 34.4 Å². The zero-order valence-electron chi connectivity index (χ0n) is 16.2. The van der Waals surface area contributed by atoms with Crippen molar-refractivity contribution in [2.75, 3.05) is 45.9 Å². The normalized spacial score (nSPS) is 16.3. The lowest BCUT2D eigenvalue weighted by molar-refractivity contribution is 0.105. The Hall–Kier alpha value is -0.800. The smallest absolute Gasteiger partial charge is 0.191 e. The van der Waals surface area contributed by atoms with Gasteiger partial charge in [-0.15, -0.1) is 24.0 Å². The number of furan rings is 1. The fourth-order valence-electron chi connectivity index (χ4n) is 2.88. The summed E-state index contributed by atoms with van der Waals surface area (Å²) in [5.41, 5.74) is 0. The molecule has 0 aliphatic carbocycles. The monoisotopic (exact) mass is 478 g/mol. The molecule has 1 saturated heterocycles. The molecule has 1 aromatic rings. The summed E-state index contributed by atoms with van der Waals surface area (Å²) in [7, 11) is 0. The second-order valence-electron chi connectivity index (χ2n) is 6.70. The van der Waals surface area contributed by atoms with Crippen LogP contribution < -0.4 is 10.6 Å². The predicted octanol–water partition coefficient (Wildman–Crippen LogP) is 3.09. The van der Waals surface area contributed by atoms with Crippen molar-refractivity contribution in [3.63, 3.8) is 0 Å². The van der Waals surface area contributed by atoms with Crippen molar-refractivity contribution in [2.45, 2.75) is 39.7 Å². The molecule has 2 heterocycles. The zero-order valence-corrected chi connectivity index (χ0v) is 18.5. The molecule has 2 N–H and O–H groups in total. The molecule has 1 fully saturated rings. The van der Waals surface area contributed by atoms with E-state index >= 15 is 0 Å². The van der Waals surface area contributed by atoms with Gasteiger partial charge in [-0.25, -0.2) is 0 Å². The Morgan fingerprint density at radius 1 is 1.35 bits per heavy atom. The van der Waals surface area contributed by atoms with Gasteiger partial charge in [0.2, 0.25) is 0 Å². The van der Waals surface area contributed by atoms with Gasteiger partial charge in [0.05, 0.1) is 6.26 Å². The molecule has 2 rings (SSSR count). The fraction of sp³-hybridized carbons (Fsp3) is 0.737. The number of aliphatic imine (C=N–C) groups is 1. The van der Waals surface area contributed by atoms with E-state index in [-0.39, 0.29) is 24.0 Å². The van der Waals surface area contributed by atoms with Crippen LogP contribution in [0.2, 0.25) is 0 Å². The summed E-state index contributed by atoms with van der Waals surface area (Å²) in [4.78, 5) is 7.16. The van der Waals surface area contributed by atoms with Crippen LogP contribution in [0, 0.1) is 5.92 Å². The van der Waals surface area contributed by atoms with E-state index in [0.29, 0.717) is 13.2 Å². The van der Waals surface area contributed by atoms with Crippen LogP contribution in [0.3, 0.4) is 0 Å². The largest absolute Gasteiger partial charge is 0.467 e. The summed E-state index contributed by atoms with van der Waals surface area (Å²) >= 11 is 0. The maximum absolute atomic E-state index is 5.58. The number of halogens is 1. The molecule has 1 aromatic heterocycles. The maximum atomic E-state index is 5.58. The minimum Gasteiger partial charge on any atom is -0.467 e. The van der Waals surface area contributed by atoms with Crippen LogP contribution in [-0.4, -0.2) is 56.7 Å². The van der Waals surface area contributed by atoms with E-state index < -0.39 is 0 Å². The molecule has 0 bridgehead atoms. The standard InChI is InChI=1S/C19H34N4O2.HI/c1-3-20-19(22-10-13-23-11-7-17(2)8-12-23)21-9-5-14-24-16-18-6-4-15-25-18;/h4,6,15,17H,3,5,7-14,16H2,1-2H3,(H2,20,21,22);1H. The van der Waals surface area contributed by atoms with Crippen LogP contribution in [0.1, 0.15) is 38.9 Å². The molecule has 150 valence electrons. The highest BCUT2D eigenvalue weighted by atomic mass is 127. The average Bonchev–Trinajstić information content (AvgIpc) is 3.13. The second kappa shape index (κ2) is 14.3. The Labute approximate surface area is 175 Å². The van der Waals surface area contributed by atoms with Gasteiger partial charge >= 0.3 is 0 Å². The van der Waals surface area contributed by atoms with Crippen LogP contribution in [0.5, 0.6) is 0 Å². The summed E-state index contributed by atoms with van der Waals surface area (Å²) in [6.45, 7) is 11.8. The molecule has 0 amide bonds. The van der Waals surface area contributed by atoms with Crippen LogP contribution in [0.15, 0.2) is 27.8 Å². The molecule has 0 aromatic carbocycles. The second-order valence-corrected chi connectivity index (χ2v) is 6.70. The highest BCUT2D eigenvalue weighted by molar-refractivity contribution is 14.0. The van der Waals surface area contributed by atoms with Gasteiger partial charge in [0.1, 0.15) is 12.4 Å². The third-order valence-electron chi connectivity index (χ3n) is 4.48. The summed E-state index contributed by atoms with van der Waals surface area (Å²) in [5.74, 6) is 2.66. The SMILES string of the molecule is CCNC(=NCCCOCc1ccco1)NCCN1CCC(C)CC1.I. The van der Waals surface area contributed by atoms with Crippen LogP contribution in [0.25, 0.3) is 0 Å². The zero-order chi connectivity index (χ0) is 17.7. The summed E-state index contributed by atoms with van der Waals surface area (Å²) in [5, 5.41) is 6.74. The molecule has 0 unspecified atom stereocenters. The topological polar surface area (TPSA) is 62.0 Å². The van der Waals surface area contributed by atoms with Crippen molar-refractivity contribution in [1.82, 2.24) is 15.5 Å². The lowest BCUT2D eigenvalue weighted by atomic mass is 9.99. The quantitative estimate of drug-likeness (QED) is 0.234. The number of rotatable bonds is 10. The molecular formula is C19H35IN4O2. The van der Waals surface area contributed by atoms with Gasteiger partial charge in [-0.3, -0.25) is 4.99 Å². The minimum absolute atomic E-state index is 0. The van der Waals surface area contributed by atoms with Crippen molar-refractivity contribution >= 4 is 29.9 Å². The number of likely N-dealkylation sites (tertiary alicyclic amines) is 1. The van der Waals surface area contributed by atoms with E-state index in [1.54, 1.807) is 6.26 Å². The van der Waals surface area contributed by atoms with E-state index in [0.717, 1.165) is 50.2 Å². The van der Waals surface area contributed by atoms with Gasteiger partial charge in [-0.1, -0.05) is 6.92 Å². The molecule has 6 nitrogen and oxygen atoms in total. The van der Waals surface area contributed by atoms with Crippen LogP contribution in [-0.2, 0) is 11.3 Å². The molecule has 26 heavy (non-hydrogen) atoms. The van der Waals surface area contributed by atoms with E-state index in [4.69, 9.17) is 9.15 Å². The highest BCUT2D eigenvalue weighted by Crippen LogP contribution is 2.15. The van der Waals surface area contributed by atoms with Crippen molar-refractivity contribution in [2.24, 2.45) is 10.9 Å². The van der Waals surface area contributed by atoms with E-state index in [1.165, 1.54) is 25.9 Å². The number of nitrogens with one attached hydrogen (secondary N) is 2. The third kappa shape index (κ3) is 9.78. The lowest BCUT2D eigenvalue weighted by Crippen LogP contribution is -2.43. The molecule has 1 aliphatic rings. The average molecular weight is 478 g/mol. The summed E-state index contributed by atoms with van der Waals surface area (Å²) in [6, 6.07) is 3.80. The van der Waals surface area contributed by atoms with Crippen molar-refractivity contribution < 1.29 is 9.15 Å². The first-order valence-electron chi connectivity index (χ1n) is 9.62. The molecule has 0 saturated carbocycles. The van der Waals surface area contributed by atoms with Gasteiger partial charge in [0.15, 0.2) is 5.96 Å². The Morgan fingerprint density at radius 2 is 2.15 bits per heavy atom. The third-order valence-corrected chi connectivity index (χ3v) is 4.48. The molecule has 0 atom stereocenters. The lowest BCUT2D eigenvalue weighted by Gasteiger charge is -2.30. The van der Waals surface area contributed by atoms with Crippen molar-refractivity contribution in [1.29, 1.82) is 0 Å². The van der Waals surface area contributed by atoms with Gasteiger partial charge in [-0.05, 0) is 57.3 Å². The van der Waals surface area contributed by atoms with Crippen LogP contribution >= 0.6 is 24.0 Å². The first kappa shape index (κ1) is 23.2. The molecule has 0 spiro atoms. The number of piperidine rings is 1. The highest BCUT2D eigenvalue weighted by Gasteiger charge is 2.14. The first-order valence-corrected chi connectivity index (χ1v) is 9.62. The number of hydrogen-bond acceptors (Lipinski definition) is 4. The Balaban J connectivity index is 0.00000338. The number of nitrogens with zero attached hydrogens (tertiary/aromatic N) is 2. The Kier molecular flexibility index (Phi) is 12.8. The molecule has 1 aliphatic heterocycles. The number of ether oxygens (including phenoxy) is 1. The Bertz CT molecular complexity index is 474. The fourth-order valence-corrected chi connectivity index (χ4v) is 2.88. The minimum atomic E-state index is 0. The van der Waals surface area contributed by atoms with E-state index in [9.17, 15) is 0 Å². The van der Waals surface area contributed by atoms with Gasteiger partial charge in [0, 0.05) is 32.8 Å². The molecule has 0 radical (unpaired) electrons. The van der Waals surface area contributed by atoms with Gasteiger partial charge in [0.25, 0.3) is 0 Å². The molecule has 7 heteroatoms. The number of guanidine groups is 1. The molecular weight excluding hydrogens is 443 g/mol. The predicted molar refractivity (Wildman–Crippen MR) is 117 cm³/mol. The van der Waals surface area contributed by atoms with Gasteiger partial charge < -0.3 is 24.7 Å².